The first-order valence-corrected chi connectivity index (χ1v) is 9.47. The lowest BCUT2D eigenvalue weighted by Crippen LogP contribution is -2.22. The Labute approximate surface area is 155 Å². The Balaban J connectivity index is 1.63. The first-order valence-electron chi connectivity index (χ1n) is 8.48. The zero-order valence-corrected chi connectivity index (χ0v) is 15.2. The maximum absolute atomic E-state index is 12.8. The first-order chi connectivity index (χ1) is 12.7. The van der Waals surface area contributed by atoms with Gasteiger partial charge in [-0.3, -0.25) is 14.2 Å². The third kappa shape index (κ3) is 3.24. The van der Waals surface area contributed by atoms with Gasteiger partial charge in [-0.1, -0.05) is 36.0 Å². The van der Waals surface area contributed by atoms with Crippen LogP contribution in [0.15, 0.2) is 58.5 Å². The molecule has 4 rings (SSSR count). The molecule has 1 aliphatic carbocycles. The fourth-order valence-corrected chi connectivity index (χ4v) is 3.85. The Hall–Kier alpha value is -2.60. The van der Waals surface area contributed by atoms with Crippen molar-refractivity contribution in [2.45, 2.75) is 24.0 Å². The van der Waals surface area contributed by atoms with E-state index < -0.39 is 0 Å². The summed E-state index contributed by atoms with van der Waals surface area (Å²) in [6.45, 7) is 0. The molecule has 2 aromatic carbocycles. The van der Waals surface area contributed by atoms with E-state index in [1.165, 1.54) is 11.8 Å². The zero-order chi connectivity index (χ0) is 18.1. The molecule has 1 aromatic heterocycles. The van der Waals surface area contributed by atoms with Gasteiger partial charge < -0.3 is 4.74 Å². The highest BCUT2D eigenvalue weighted by Gasteiger charge is 2.28. The quantitative estimate of drug-likeness (QED) is 0.378. The summed E-state index contributed by atoms with van der Waals surface area (Å²) < 4.78 is 6.93. The fraction of sp³-hybridized carbons (Fsp3) is 0.250. The Bertz CT molecular complexity index is 1040. The largest absolute Gasteiger partial charge is 0.497 e. The molecule has 0 saturated heterocycles. The highest BCUT2D eigenvalue weighted by atomic mass is 32.2. The second kappa shape index (κ2) is 6.96. The van der Waals surface area contributed by atoms with Gasteiger partial charge in [0, 0.05) is 11.6 Å². The highest BCUT2D eigenvalue weighted by Crippen LogP contribution is 2.37. The number of hydrogen-bond acceptors (Lipinski definition) is 5. The van der Waals surface area contributed by atoms with E-state index in [0.717, 1.165) is 12.8 Å². The number of Topliss-reactive ketones (excluding diaryl/α,β-unsaturated/α-hetero) is 1. The molecule has 0 amide bonds. The number of nitrogens with zero attached hydrogens (tertiary/aromatic N) is 2. The van der Waals surface area contributed by atoms with Crippen LogP contribution in [-0.2, 0) is 0 Å². The van der Waals surface area contributed by atoms with Crippen LogP contribution in [0.4, 0.5) is 0 Å². The van der Waals surface area contributed by atoms with Crippen LogP contribution in [0.2, 0.25) is 0 Å². The van der Waals surface area contributed by atoms with Gasteiger partial charge in [0.05, 0.1) is 23.8 Å². The number of carbonyl (C=O) groups excluding carboxylic acids is 1. The van der Waals surface area contributed by atoms with E-state index in [0.29, 0.717) is 27.4 Å². The Morgan fingerprint density at radius 2 is 2.04 bits per heavy atom. The van der Waals surface area contributed by atoms with E-state index in [9.17, 15) is 9.59 Å². The third-order valence-corrected chi connectivity index (χ3v) is 5.36. The van der Waals surface area contributed by atoms with E-state index in [4.69, 9.17) is 4.74 Å². The minimum Gasteiger partial charge on any atom is -0.497 e. The molecule has 26 heavy (non-hydrogen) atoms. The maximum Gasteiger partial charge on any atom is 0.262 e. The summed E-state index contributed by atoms with van der Waals surface area (Å²) in [7, 11) is 1.58. The lowest BCUT2D eigenvalue weighted by atomic mass is 10.1. The van der Waals surface area contributed by atoms with E-state index in [-0.39, 0.29) is 23.1 Å². The number of fused-ring (bicyclic) bond motifs is 1. The molecule has 0 aliphatic heterocycles. The van der Waals surface area contributed by atoms with Gasteiger partial charge in [-0.05, 0) is 37.1 Å². The number of aromatic nitrogens is 2. The van der Waals surface area contributed by atoms with Crippen molar-refractivity contribution in [1.82, 2.24) is 9.55 Å². The van der Waals surface area contributed by atoms with Crippen LogP contribution in [0.1, 0.15) is 29.2 Å². The van der Waals surface area contributed by atoms with Crippen LogP contribution in [0.3, 0.4) is 0 Å². The highest BCUT2D eigenvalue weighted by molar-refractivity contribution is 7.99. The molecule has 0 bridgehead atoms. The van der Waals surface area contributed by atoms with E-state index in [2.05, 4.69) is 4.98 Å². The van der Waals surface area contributed by atoms with Crippen LogP contribution in [0.25, 0.3) is 10.9 Å². The topological polar surface area (TPSA) is 61.2 Å². The first kappa shape index (κ1) is 16.8. The third-order valence-electron chi connectivity index (χ3n) is 4.41. The monoisotopic (exact) mass is 366 g/mol. The van der Waals surface area contributed by atoms with Gasteiger partial charge in [0.2, 0.25) is 0 Å². The number of rotatable bonds is 6. The lowest BCUT2D eigenvalue weighted by molar-refractivity contribution is 0.102. The number of thioether (sulfide) groups is 1. The van der Waals surface area contributed by atoms with E-state index in [1.807, 2.05) is 18.2 Å². The number of ether oxygens (including phenoxy) is 1. The van der Waals surface area contributed by atoms with Gasteiger partial charge in [0.1, 0.15) is 5.75 Å². The van der Waals surface area contributed by atoms with Crippen LogP contribution in [0.5, 0.6) is 5.75 Å². The van der Waals surface area contributed by atoms with Crippen molar-refractivity contribution in [2.24, 2.45) is 0 Å². The summed E-state index contributed by atoms with van der Waals surface area (Å²) in [6.07, 6.45) is 1.97. The Morgan fingerprint density at radius 3 is 2.81 bits per heavy atom. The van der Waals surface area contributed by atoms with Gasteiger partial charge in [-0.25, -0.2) is 4.98 Å². The van der Waals surface area contributed by atoms with Crippen molar-refractivity contribution >= 4 is 28.4 Å². The minimum absolute atomic E-state index is 0.0151. The fourth-order valence-electron chi connectivity index (χ4n) is 2.89. The van der Waals surface area contributed by atoms with Crippen LogP contribution in [-0.4, -0.2) is 28.2 Å². The van der Waals surface area contributed by atoms with E-state index in [1.54, 1.807) is 42.0 Å². The summed E-state index contributed by atoms with van der Waals surface area (Å²) in [4.78, 5) is 30.0. The second-order valence-corrected chi connectivity index (χ2v) is 7.20. The standard InChI is InChI=1S/C20H18N2O3S/c1-25-15-6-4-5-13(11-15)18(23)12-26-20-21-17-8-3-2-7-16(17)19(24)22(20)14-9-10-14/h2-8,11,14H,9-10,12H2,1H3. The number of methoxy groups -OCH3 is 1. The summed E-state index contributed by atoms with van der Waals surface area (Å²) >= 11 is 1.32. The second-order valence-electron chi connectivity index (χ2n) is 6.26. The molecule has 1 aliphatic rings. The average molecular weight is 366 g/mol. The molecule has 1 fully saturated rings. The predicted octanol–water partition coefficient (Wildman–Crippen LogP) is 3.72. The van der Waals surface area contributed by atoms with Gasteiger partial charge in [0.15, 0.2) is 10.9 Å². The van der Waals surface area contributed by atoms with Crippen molar-refractivity contribution < 1.29 is 9.53 Å². The molecule has 3 aromatic rings. The van der Waals surface area contributed by atoms with Crippen molar-refractivity contribution in [3.63, 3.8) is 0 Å². The molecule has 0 atom stereocenters. The number of benzene rings is 2. The van der Waals surface area contributed by atoms with Crippen LogP contribution < -0.4 is 10.3 Å². The lowest BCUT2D eigenvalue weighted by Gasteiger charge is -2.12. The maximum atomic E-state index is 12.8. The number of ketones is 1. The minimum atomic E-state index is -0.0190. The Kier molecular flexibility index (Phi) is 4.51. The van der Waals surface area contributed by atoms with E-state index >= 15 is 0 Å². The molecule has 1 heterocycles. The normalized spacial score (nSPS) is 13.7. The summed E-state index contributed by atoms with van der Waals surface area (Å²) in [5.74, 6) is 0.864. The molecule has 0 unspecified atom stereocenters. The van der Waals surface area contributed by atoms with Gasteiger partial charge in [-0.2, -0.15) is 0 Å². The summed E-state index contributed by atoms with van der Waals surface area (Å²) in [6, 6.07) is 14.7. The van der Waals surface area contributed by atoms with Gasteiger partial charge >= 0.3 is 0 Å². The molecule has 6 heteroatoms. The predicted molar refractivity (Wildman–Crippen MR) is 102 cm³/mol. The molecule has 1 saturated carbocycles. The van der Waals surface area contributed by atoms with Crippen LogP contribution in [0, 0.1) is 0 Å². The molecule has 0 spiro atoms. The van der Waals surface area contributed by atoms with Crippen molar-refractivity contribution in [1.29, 1.82) is 0 Å². The molecule has 0 radical (unpaired) electrons. The molecule has 0 N–H and O–H groups in total. The molecule has 5 nitrogen and oxygen atoms in total. The summed E-state index contributed by atoms with van der Waals surface area (Å²) in [5.41, 5.74) is 1.25. The average Bonchev–Trinajstić information content (AvgIpc) is 3.51. The van der Waals surface area contributed by atoms with Crippen molar-refractivity contribution in [3.8, 4) is 5.75 Å². The summed E-state index contributed by atoms with van der Waals surface area (Å²) in [5, 5.41) is 1.25. The SMILES string of the molecule is COc1cccc(C(=O)CSc2nc3ccccc3c(=O)n2C2CC2)c1. The number of para-hydroxylation sites is 1. The van der Waals surface area contributed by atoms with Crippen molar-refractivity contribution in [3.05, 3.63) is 64.4 Å². The smallest absolute Gasteiger partial charge is 0.262 e. The van der Waals surface area contributed by atoms with Gasteiger partial charge in [-0.15, -0.1) is 0 Å². The molecule has 132 valence electrons. The Morgan fingerprint density at radius 1 is 1.23 bits per heavy atom. The van der Waals surface area contributed by atoms with Crippen molar-refractivity contribution in [2.75, 3.05) is 12.9 Å². The number of hydrogen-bond donors (Lipinski definition) is 0. The zero-order valence-electron chi connectivity index (χ0n) is 14.3. The van der Waals surface area contributed by atoms with Gasteiger partial charge in [0.25, 0.3) is 5.56 Å². The van der Waals surface area contributed by atoms with Crippen LogP contribution >= 0.6 is 11.8 Å². The molecular formula is C20H18N2O3S. The molecular weight excluding hydrogens is 348 g/mol. The number of carbonyl (C=O) groups is 1.